The maximum absolute atomic E-state index is 5.74. The summed E-state index contributed by atoms with van der Waals surface area (Å²) in [7, 11) is 1.76. The van der Waals surface area contributed by atoms with Crippen LogP contribution in [0.1, 0.15) is 25.3 Å². The fourth-order valence-corrected chi connectivity index (χ4v) is 1.71. The quantitative estimate of drug-likeness (QED) is 0.221. The number of nitrogens with one attached hydrogen (secondary N) is 2. The van der Waals surface area contributed by atoms with Gasteiger partial charge in [0.05, 0.1) is 0 Å². The number of ether oxygens (including phenoxy) is 1. The van der Waals surface area contributed by atoms with Crippen LogP contribution in [0, 0.1) is 0 Å². The average molecular weight is 427 g/mol. The van der Waals surface area contributed by atoms with Crippen molar-refractivity contribution in [3.8, 4) is 0 Å². The molecule has 21 heavy (non-hydrogen) atoms. The fraction of sp³-hybridized carbons (Fsp3) is 0.571. The van der Waals surface area contributed by atoms with Gasteiger partial charge in [-0.2, -0.15) is 0 Å². The number of rotatable bonds is 8. The number of halogens is 2. The van der Waals surface area contributed by atoms with Crippen molar-refractivity contribution in [1.29, 1.82) is 0 Å². The molecule has 0 spiro atoms. The maximum Gasteiger partial charge on any atom is 0.191 e. The smallest absolute Gasteiger partial charge is 0.191 e. The van der Waals surface area contributed by atoms with Gasteiger partial charge in [0.2, 0.25) is 0 Å². The van der Waals surface area contributed by atoms with Crippen LogP contribution in [0.5, 0.6) is 0 Å². The van der Waals surface area contributed by atoms with Gasteiger partial charge in [-0.05, 0) is 31.4 Å². The van der Waals surface area contributed by atoms with Gasteiger partial charge in [-0.25, -0.2) is 4.98 Å². The highest BCUT2D eigenvalue weighted by Gasteiger charge is 1.98. The zero-order valence-electron chi connectivity index (χ0n) is 12.6. The maximum atomic E-state index is 5.74. The molecule has 0 aliphatic heterocycles. The fourth-order valence-electron chi connectivity index (χ4n) is 1.60. The van der Waals surface area contributed by atoms with E-state index in [0.717, 1.165) is 44.1 Å². The number of nitrogens with zero attached hydrogens (tertiary/aromatic N) is 2. The summed E-state index contributed by atoms with van der Waals surface area (Å²) in [5.41, 5.74) is 1.06. The van der Waals surface area contributed by atoms with Gasteiger partial charge in [0.25, 0.3) is 0 Å². The van der Waals surface area contributed by atoms with Crippen LogP contribution in [-0.4, -0.2) is 37.7 Å². The van der Waals surface area contributed by atoms with Crippen molar-refractivity contribution in [2.24, 2.45) is 4.99 Å². The summed E-state index contributed by atoms with van der Waals surface area (Å²) >= 11 is 5.74. The molecule has 1 aromatic heterocycles. The predicted molar refractivity (Wildman–Crippen MR) is 98.6 cm³/mol. The number of hydrogen-bond donors (Lipinski definition) is 2. The first kappa shape index (κ1) is 20.4. The number of hydrogen-bond acceptors (Lipinski definition) is 3. The number of unbranched alkanes of at least 4 members (excludes halogenated alkanes) is 1. The molecular formula is C14H24ClIN4O. The van der Waals surface area contributed by atoms with E-state index in [9.17, 15) is 0 Å². The average Bonchev–Trinajstić information content (AvgIpc) is 2.47. The molecule has 0 amide bonds. The second kappa shape index (κ2) is 13.1. The molecule has 5 nitrogen and oxygen atoms in total. The van der Waals surface area contributed by atoms with Crippen LogP contribution in [0.25, 0.3) is 0 Å². The van der Waals surface area contributed by atoms with E-state index in [1.807, 2.05) is 13.0 Å². The van der Waals surface area contributed by atoms with Gasteiger partial charge in [0, 0.05) is 39.5 Å². The van der Waals surface area contributed by atoms with E-state index in [2.05, 4.69) is 20.6 Å². The van der Waals surface area contributed by atoms with Gasteiger partial charge < -0.3 is 15.4 Å². The highest BCUT2D eigenvalue weighted by molar-refractivity contribution is 14.0. The Morgan fingerprint density at radius 1 is 1.33 bits per heavy atom. The van der Waals surface area contributed by atoms with Crippen molar-refractivity contribution in [2.75, 3.05) is 26.8 Å². The largest absolute Gasteiger partial charge is 0.382 e. The Bertz CT molecular complexity index is 400. The van der Waals surface area contributed by atoms with E-state index >= 15 is 0 Å². The predicted octanol–water partition coefficient (Wildman–Crippen LogP) is 2.83. The summed E-state index contributed by atoms with van der Waals surface area (Å²) in [5.74, 6) is 0.788. The molecule has 1 rings (SSSR count). The van der Waals surface area contributed by atoms with E-state index in [-0.39, 0.29) is 24.0 Å². The van der Waals surface area contributed by atoms with Crippen molar-refractivity contribution in [1.82, 2.24) is 15.6 Å². The Labute approximate surface area is 148 Å². The van der Waals surface area contributed by atoms with E-state index in [1.165, 1.54) is 0 Å². The van der Waals surface area contributed by atoms with Crippen molar-refractivity contribution in [2.45, 2.75) is 26.3 Å². The molecule has 2 N–H and O–H groups in total. The summed E-state index contributed by atoms with van der Waals surface area (Å²) in [6.07, 6.45) is 3.87. The molecule has 7 heteroatoms. The van der Waals surface area contributed by atoms with Crippen molar-refractivity contribution < 1.29 is 4.74 Å². The Kier molecular flexibility index (Phi) is 12.7. The van der Waals surface area contributed by atoms with Gasteiger partial charge in [-0.1, -0.05) is 17.7 Å². The normalized spacial score (nSPS) is 10.9. The third kappa shape index (κ3) is 9.87. The minimum absolute atomic E-state index is 0. The van der Waals surface area contributed by atoms with Gasteiger partial charge in [-0.15, -0.1) is 24.0 Å². The molecule has 0 aliphatic rings. The Hall–Kier alpha value is -0.600. The lowest BCUT2D eigenvalue weighted by Crippen LogP contribution is -2.37. The van der Waals surface area contributed by atoms with Gasteiger partial charge >= 0.3 is 0 Å². The molecule has 0 atom stereocenters. The van der Waals surface area contributed by atoms with Crippen LogP contribution in [0.3, 0.4) is 0 Å². The van der Waals surface area contributed by atoms with Crippen LogP contribution >= 0.6 is 35.6 Å². The molecule has 1 heterocycles. The van der Waals surface area contributed by atoms with Crippen molar-refractivity contribution in [3.05, 3.63) is 29.0 Å². The highest BCUT2D eigenvalue weighted by Crippen LogP contribution is 2.04. The summed E-state index contributed by atoms with van der Waals surface area (Å²) in [6, 6.07) is 3.72. The standard InChI is InChI=1S/C14H23ClN4O.HI/c1-3-20-9-5-4-8-17-14(16-2)19-11-12-6-7-13(15)18-10-12;/h6-7,10H,3-5,8-9,11H2,1-2H3,(H2,16,17,19);1H. The van der Waals surface area contributed by atoms with E-state index in [4.69, 9.17) is 16.3 Å². The zero-order valence-corrected chi connectivity index (χ0v) is 15.6. The second-order valence-corrected chi connectivity index (χ2v) is 4.63. The van der Waals surface area contributed by atoms with Crippen LogP contribution < -0.4 is 10.6 Å². The topological polar surface area (TPSA) is 58.5 Å². The Morgan fingerprint density at radius 2 is 2.14 bits per heavy atom. The van der Waals surface area contributed by atoms with E-state index in [0.29, 0.717) is 11.7 Å². The monoisotopic (exact) mass is 426 g/mol. The highest BCUT2D eigenvalue weighted by atomic mass is 127. The lowest BCUT2D eigenvalue weighted by Gasteiger charge is -2.11. The first-order valence-electron chi connectivity index (χ1n) is 6.89. The first-order chi connectivity index (χ1) is 9.76. The van der Waals surface area contributed by atoms with Crippen LogP contribution in [0.15, 0.2) is 23.3 Å². The molecule has 0 aliphatic carbocycles. The number of pyridine rings is 1. The van der Waals surface area contributed by atoms with Crippen LogP contribution in [0.2, 0.25) is 5.15 Å². The molecule has 1 aromatic rings. The summed E-state index contributed by atoms with van der Waals surface area (Å²) < 4.78 is 5.29. The first-order valence-corrected chi connectivity index (χ1v) is 7.26. The Balaban J connectivity index is 0.00000400. The molecule has 0 radical (unpaired) electrons. The lowest BCUT2D eigenvalue weighted by atomic mass is 10.3. The van der Waals surface area contributed by atoms with Crippen molar-refractivity contribution >= 4 is 41.5 Å². The molecule has 0 fully saturated rings. The lowest BCUT2D eigenvalue weighted by molar-refractivity contribution is 0.143. The third-order valence-corrected chi connectivity index (χ3v) is 2.91. The molecule has 0 saturated carbocycles. The minimum atomic E-state index is 0. The van der Waals surface area contributed by atoms with Crippen LogP contribution in [0.4, 0.5) is 0 Å². The van der Waals surface area contributed by atoms with Crippen LogP contribution in [-0.2, 0) is 11.3 Å². The molecule has 0 bridgehead atoms. The zero-order chi connectivity index (χ0) is 14.6. The SMILES string of the molecule is CCOCCCCNC(=NC)NCc1ccc(Cl)nc1.I. The number of aromatic nitrogens is 1. The van der Waals surface area contributed by atoms with E-state index < -0.39 is 0 Å². The molecule has 120 valence electrons. The number of aliphatic imine (C=N–C) groups is 1. The van der Waals surface area contributed by atoms with Gasteiger partial charge in [0.15, 0.2) is 5.96 Å². The molecule has 0 aromatic carbocycles. The minimum Gasteiger partial charge on any atom is -0.382 e. The van der Waals surface area contributed by atoms with Crippen molar-refractivity contribution in [3.63, 3.8) is 0 Å². The summed E-state index contributed by atoms with van der Waals surface area (Å²) in [4.78, 5) is 8.21. The summed E-state index contributed by atoms with van der Waals surface area (Å²) in [6.45, 7) is 5.16. The summed E-state index contributed by atoms with van der Waals surface area (Å²) in [5, 5.41) is 7.00. The van der Waals surface area contributed by atoms with E-state index in [1.54, 1.807) is 19.3 Å². The Morgan fingerprint density at radius 3 is 2.76 bits per heavy atom. The molecule has 0 unspecified atom stereocenters. The molecular weight excluding hydrogens is 403 g/mol. The second-order valence-electron chi connectivity index (χ2n) is 4.25. The third-order valence-electron chi connectivity index (χ3n) is 2.68. The van der Waals surface area contributed by atoms with Gasteiger partial charge in [-0.3, -0.25) is 4.99 Å². The number of guanidine groups is 1. The van der Waals surface area contributed by atoms with Gasteiger partial charge in [0.1, 0.15) is 5.15 Å². The molecule has 0 saturated heterocycles.